The van der Waals surface area contributed by atoms with Crippen molar-refractivity contribution in [3.8, 4) is 0 Å². The van der Waals surface area contributed by atoms with Gasteiger partial charge in [-0.1, -0.05) is 20.8 Å². The molecule has 0 aromatic heterocycles. The zero-order chi connectivity index (χ0) is 10.2. The van der Waals surface area contributed by atoms with E-state index in [2.05, 4.69) is 20.8 Å². The van der Waals surface area contributed by atoms with Crippen molar-refractivity contribution in [3.05, 3.63) is 0 Å². The maximum atomic E-state index is 5.86. The number of rotatable bonds is 1. The molecule has 0 amide bonds. The van der Waals surface area contributed by atoms with Crippen LogP contribution in [0.5, 0.6) is 0 Å². The largest absolute Gasteiger partial charge is 0.373 e. The Labute approximate surface area is 85.7 Å². The van der Waals surface area contributed by atoms with E-state index in [1.807, 2.05) is 0 Å². The third kappa shape index (κ3) is 2.10. The van der Waals surface area contributed by atoms with Gasteiger partial charge in [0.25, 0.3) is 0 Å². The molecule has 2 heterocycles. The molecule has 0 aliphatic carbocycles. The van der Waals surface area contributed by atoms with Gasteiger partial charge in [0.2, 0.25) is 0 Å². The summed E-state index contributed by atoms with van der Waals surface area (Å²) in [6, 6.07) is 0. The lowest BCUT2D eigenvalue weighted by atomic mass is 9.90. The molecule has 2 aliphatic rings. The Kier molecular flexibility index (Phi) is 2.82. The predicted molar refractivity (Wildman–Crippen MR) is 53.0 cm³/mol. The molecule has 2 saturated heterocycles. The molecule has 0 N–H and O–H groups in total. The highest BCUT2D eigenvalue weighted by Crippen LogP contribution is 2.32. The van der Waals surface area contributed by atoms with Gasteiger partial charge in [-0.25, -0.2) is 0 Å². The molecular weight excluding hydrogens is 180 g/mol. The van der Waals surface area contributed by atoms with Crippen LogP contribution >= 0.6 is 0 Å². The monoisotopic (exact) mass is 200 g/mol. The number of ether oxygens (including phenoxy) is 3. The van der Waals surface area contributed by atoms with E-state index in [0.29, 0.717) is 6.61 Å². The molecular formula is C11H20O3. The molecule has 0 aromatic rings. The Bertz CT molecular complexity index is 191. The lowest BCUT2D eigenvalue weighted by Crippen LogP contribution is -2.31. The first-order valence-electron chi connectivity index (χ1n) is 5.46. The van der Waals surface area contributed by atoms with Gasteiger partial charge < -0.3 is 14.2 Å². The molecule has 0 bridgehead atoms. The van der Waals surface area contributed by atoms with Crippen LogP contribution in [0.2, 0.25) is 0 Å². The number of hydrogen-bond acceptors (Lipinski definition) is 3. The van der Waals surface area contributed by atoms with Crippen molar-refractivity contribution in [1.29, 1.82) is 0 Å². The molecule has 0 aromatic carbocycles. The van der Waals surface area contributed by atoms with E-state index in [9.17, 15) is 0 Å². The Morgan fingerprint density at radius 3 is 2.43 bits per heavy atom. The first kappa shape index (κ1) is 10.4. The Morgan fingerprint density at radius 1 is 1.14 bits per heavy atom. The van der Waals surface area contributed by atoms with E-state index in [0.717, 1.165) is 19.4 Å². The highest BCUT2D eigenvalue weighted by Gasteiger charge is 2.39. The van der Waals surface area contributed by atoms with Crippen LogP contribution in [-0.2, 0) is 14.2 Å². The van der Waals surface area contributed by atoms with Crippen LogP contribution in [0.4, 0.5) is 0 Å². The smallest absolute Gasteiger partial charge is 0.184 e. The summed E-state index contributed by atoms with van der Waals surface area (Å²) in [4.78, 5) is 0. The SMILES string of the molecule is CC(C)(C)C1COC(C2CCCO2)O1. The average Bonchev–Trinajstić information content (AvgIpc) is 2.73. The minimum atomic E-state index is -0.123. The van der Waals surface area contributed by atoms with Crippen molar-refractivity contribution >= 4 is 0 Å². The average molecular weight is 200 g/mol. The fraction of sp³-hybridized carbons (Fsp3) is 1.00. The third-order valence-electron chi connectivity index (χ3n) is 2.94. The second-order valence-electron chi connectivity index (χ2n) is 5.24. The second kappa shape index (κ2) is 3.80. The van der Waals surface area contributed by atoms with Crippen molar-refractivity contribution in [2.45, 2.75) is 52.1 Å². The molecule has 3 nitrogen and oxygen atoms in total. The molecule has 3 unspecified atom stereocenters. The summed E-state index contributed by atoms with van der Waals surface area (Å²) in [6.07, 6.45) is 2.45. The Hall–Kier alpha value is -0.120. The summed E-state index contributed by atoms with van der Waals surface area (Å²) in [7, 11) is 0. The number of hydrogen-bond donors (Lipinski definition) is 0. The van der Waals surface area contributed by atoms with Crippen molar-refractivity contribution in [1.82, 2.24) is 0 Å². The van der Waals surface area contributed by atoms with Gasteiger partial charge in [-0.3, -0.25) is 0 Å². The maximum Gasteiger partial charge on any atom is 0.184 e. The van der Waals surface area contributed by atoms with Gasteiger partial charge in [0.15, 0.2) is 6.29 Å². The minimum absolute atomic E-state index is 0.123. The lowest BCUT2D eigenvalue weighted by molar-refractivity contribution is -0.144. The highest BCUT2D eigenvalue weighted by atomic mass is 16.7. The van der Waals surface area contributed by atoms with E-state index < -0.39 is 0 Å². The van der Waals surface area contributed by atoms with Gasteiger partial charge in [0, 0.05) is 6.61 Å². The fourth-order valence-electron chi connectivity index (χ4n) is 1.89. The summed E-state index contributed by atoms with van der Waals surface area (Å²) in [5.74, 6) is 0. The standard InChI is InChI=1S/C11H20O3/c1-11(2,3)9-7-13-10(14-9)8-5-4-6-12-8/h8-10H,4-7H2,1-3H3. The minimum Gasteiger partial charge on any atom is -0.373 e. The quantitative estimate of drug-likeness (QED) is 0.647. The maximum absolute atomic E-state index is 5.86. The topological polar surface area (TPSA) is 27.7 Å². The van der Waals surface area contributed by atoms with Gasteiger partial charge in [0.1, 0.15) is 6.10 Å². The lowest BCUT2D eigenvalue weighted by Gasteiger charge is -2.25. The summed E-state index contributed by atoms with van der Waals surface area (Å²) in [6.45, 7) is 8.10. The van der Waals surface area contributed by atoms with Gasteiger partial charge in [-0.15, -0.1) is 0 Å². The predicted octanol–water partition coefficient (Wildman–Crippen LogP) is 1.95. The highest BCUT2D eigenvalue weighted by molar-refractivity contribution is 4.81. The molecule has 3 heteroatoms. The summed E-state index contributed by atoms with van der Waals surface area (Å²) < 4.78 is 17.0. The van der Waals surface area contributed by atoms with Crippen LogP contribution in [0.1, 0.15) is 33.6 Å². The normalized spacial score (nSPS) is 39.2. The summed E-state index contributed by atoms with van der Waals surface area (Å²) in [5.41, 5.74) is 0.160. The van der Waals surface area contributed by atoms with E-state index in [1.165, 1.54) is 0 Å². The van der Waals surface area contributed by atoms with Crippen molar-refractivity contribution in [2.75, 3.05) is 13.2 Å². The van der Waals surface area contributed by atoms with Crippen molar-refractivity contribution in [3.63, 3.8) is 0 Å². The van der Waals surface area contributed by atoms with Crippen LogP contribution < -0.4 is 0 Å². The molecule has 82 valence electrons. The molecule has 2 aliphatic heterocycles. The van der Waals surface area contributed by atoms with Gasteiger partial charge in [-0.05, 0) is 18.3 Å². The third-order valence-corrected chi connectivity index (χ3v) is 2.94. The van der Waals surface area contributed by atoms with Crippen LogP contribution in [0, 0.1) is 5.41 Å². The molecule has 3 atom stereocenters. The van der Waals surface area contributed by atoms with Gasteiger partial charge >= 0.3 is 0 Å². The molecule has 14 heavy (non-hydrogen) atoms. The first-order chi connectivity index (χ1) is 6.57. The van der Waals surface area contributed by atoms with Crippen molar-refractivity contribution in [2.24, 2.45) is 5.41 Å². The summed E-state index contributed by atoms with van der Waals surface area (Å²) >= 11 is 0. The van der Waals surface area contributed by atoms with Crippen LogP contribution in [0.25, 0.3) is 0 Å². The van der Waals surface area contributed by atoms with Crippen LogP contribution in [0.15, 0.2) is 0 Å². The molecule has 0 saturated carbocycles. The van der Waals surface area contributed by atoms with E-state index in [-0.39, 0.29) is 23.9 Å². The van der Waals surface area contributed by atoms with Gasteiger partial charge in [-0.2, -0.15) is 0 Å². The van der Waals surface area contributed by atoms with E-state index in [1.54, 1.807) is 0 Å². The van der Waals surface area contributed by atoms with Crippen molar-refractivity contribution < 1.29 is 14.2 Å². The van der Waals surface area contributed by atoms with Crippen LogP contribution in [0.3, 0.4) is 0 Å². The van der Waals surface area contributed by atoms with Crippen LogP contribution in [-0.4, -0.2) is 31.7 Å². The van der Waals surface area contributed by atoms with Gasteiger partial charge in [0.05, 0.1) is 12.7 Å². The Morgan fingerprint density at radius 2 is 1.93 bits per heavy atom. The van der Waals surface area contributed by atoms with E-state index in [4.69, 9.17) is 14.2 Å². The molecule has 2 rings (SSSR count). The molecule has 0 radical (unpaired) electrons. The zero-order valence-corrected chi connectivity index (χ0v) is 9.29. The Balaban J connectivity index is 1.88. The molecule has 2 fully saturated rings. The first-order valence-corrected chi connectivity index (χ1v) is 5.46. The summed E-state index contributed by atoms with van der Waals surface area (Å²) in [5, 5.41) is 0. The zero-order valence-electron chi connectivity index (χ0n) is 9.29. The molecule has 0 spiro atoms. The van der Waals surface area contributed by atoms with E-state index >= 15 is 0 Å². The second-order valence-corrected chi connectivity index (χ2v) is 5.24. The fourth-order valence-corrected chi connectivity index (χ4v) is 1.89.